The number of ether oxygens (including phenoxy) is 2. The maximum atomic E-state index is 14.2. The number of carbonyl (C=O) groups is 2. The smallest absolute Gasteiger partial charge is 0.249 e. The fourth-order valence-corrected chi connectivity index (χ4v) is 5.02. The van der Waals surface area contributed by atoms with Crippen LogP contribution in [0.2, 0.25) is 0 Å². The number of hydrogen-bond acceptors (Lipinski definition) is 6. The van der Waals surface area contributed by atoms with Crippen LogP contribution in [-0.2, 0) is 16.1 Å². The van der Waals surface area contributed by atoms with Crippen LogP contribution in [0.1, 0.15) is 37.3 Å². The third kappa shape index (κ3) is 5.69. The number of aromatic nitrogens is 3. The molecule has 0 bridgehead atoms. The van der Waals surface area contributed by atoms with E-state index in [0.29, 0.717) is 33.8 Å². The molecule has 1 aromatic heterocycles. The molecule has 4 aromatic rings. The number of rotatable bonds is 9. The zero-order valence-electron chi connectivity index (χ0n) is 21.8. The molecule has 5 rings (SSSR count). The van der Waals surface area contributed by atoms with Gasteiger partial charge in [-0.3, -0.25) is 14.5 Å². The van der Waals surface area contributed by atoms with E-state index in [1.165, 1.54) is 48.1 Å². The summed E-state index contributed by atoms with van der Waals surface area (Å²) in [4.78, 5) is 29.5. The second-order valence-electron chi connectivity index (χ2n) is 9.51. The van der Waals surface area contributed by atoms with Gasteiger partial charge in [0.2, 0.25) is 11.8 Å². The number of benzene rings is 3. The molecular formula is C29H30FN5O4. The fraction of sp³-hybridized carbons (Fsp3) is 0.310. The Morgan fingerprint density at radius 3 is 2.36 bits per heavy atom. The summed E-state index contributed by atoms with van der Waals surface area (Å²) >= 11 is 0. The van der Waals surface area contributed by atoms with E-state index in [0.717, 1.165) is 25.7 Å². The first-order chi connectivity index (χ1) is 19.0. The van der Waals surface area contributed by atoms with Gasteiger partial charge in [-0.1, -0.05) is 42.3 Å². The average Bonchev–Trinajstić information content (AvgIpc) is 3.62. The van der Waals surface area contributed by atoms with E-state index in [1.54, 1.807) is 18.2 Å². The maximum Gasteiger partial charge on any atom is 0.249 e. The zero-order valence-corrected chi connectivity index (χ0v) is 21.8. The highest BCUT2D eigenvalue weighted by atomic mass is 19.1. The molecule has 202 valence electrons. The van der Waals surface area contributed by atoms with Gasteiger partial charge in [0.1, 0.15) is 35.4 Å². The van der Waals surface area contributed by atoms with Crippen molar-refractivity contribution in [1.29, 1.82) is 0 Å². The normalized spacial score (nSPS) is 14.2. The maximum absolute atomic E-state index is 14.2. The van der Waals surface area contributed by atoms with Crippen molar-refractivity contribution < 1.29 is 23.5 Å². The largest absolute Gasteiger partial charge is 0.497 e. The summed E-state index contributed by atoms with van der Waals surface area (Å²) in [5, 5.41) is 11.4. The van der Waals surface area contributed by atoms with Crippen LogP contribution in [0.15, 0.2) is 66.7 Å². The Bertz CT molecular complexity index is 1440. The van der Waals surface area contributed by atoms with Crippen LogP contribution >= 0.6 is 0 Å². The van der Waals surface area contributed by atoms with Crippen molar-refractivity contribution in [2.45, 2.75) is 44.3 Å². The quantitative estimate of drug-likeness (QED) is 0.343. The molecule has 0 spiro atoms. The van der Waals surface area contributed by atoms with Crippen LogP contribution in [0.4, 0.5) is 10.1 Å². The van der Waals surface area contributed by atoms with E-state index in [9.17, 15) is 14.0 Å². The van der Waals surface area contributed by atoms with E-state index in [-0.39, 0.29) is 18.5 Å². The van der Waals surface area contributed by atoms with Crippen LogP contribution < -0.4 is 19.7 Å². The molecular weight excluding hydrogens is 501 g/mol. The number of fused-ring (bicyclic) bond motifs is 1. The summed E-state index contributed by atoms with van der Waals surface area (Å²) < 4.78 is 26.4. The van der Waals surface area contributed by atoms with Gasteiger partial charge in [0.25, 0.3) is 0 Å². The third-order valence-electron chi connectivity index (χ3n) is 6.98. The lowest BCUT2D eigenvalue weighted by molar-refractivity contribution is -0.127. The van der Waals surface area contributed by atoms with Gasteiger partial charge in [-0.05, 0) is 42.7 Å². The first-order valence-corrected chi connectivity index (χ1v) is 12.9. The molecule has 1 aliphatic rings. The summed E-state index contributed by atoms with van der Waals surface area (Å²) in [6.45, 7) is -0.186. The van der Waals surface area contributed by atoms with E-state index >= 15 is 0 Å². The number of hydrogen-bond donors (Lipinski definition) is 1. The molecule has 9 nitrogen and oxygen atoms in total. The first kappa shape index (κ1) is 26.1. The molecule has 1 saturated carbocycles. The van der Waals surface area contributed by atoms with Crippen LogP contribution in [-0.4, -0.2) is 47.1 Å². The van der Waals surface area contributed by atoms with Gasteiger partial charge in [0.05, 0.1) is 25.4 Å². The molecule has 0 saturated heterocycles. The highest BCUT2D eigenvalue weighted by Gasteiger charge is 2.35. The Labute approximate surface area is 225 Å². The number of methoxy groups -OCH3 is 2. The van der Waals surface area contributed by atoms with Gasteiger partial charge in [-0.15, -0.1) is 5.10 Å². The molecule has 1 heterocycles. The Morgan fingerprint density at radius 1 is 1.03 bits per heavy atom. The van der Waals surface area contributed by atoms with Gasteiger partial charge in [0.15, 0.2) is 0 Å². The summed E-state index contributed by atoms with van der Waals surface area (Å²) in [6.07, 6.45) is 3.80. The average molecular weight is 532 g/mol. The number of anilines is 1. The summed E-state index contributed by atoms with van der Waals surface area (Å²) in [5.41, 5.74) is 2.18. The number of para-hydroxylation sites is 1. The molecule has 1 fully saturated rings. The molecule has 1 atom stereocenters. The van der Waals surface area contributed by atoms with E-state index in [2.05, 4.69) is 15.6 Å². The van der Waals surface area contributed by atoms with Crippen LogP contribution in [0, 0.1) is 5.82 Å². The van der Waals surface area contributed by atoms with E-state index < -0.39 is 17.8 Å². The van der Waals surface area contributed by atoms with E-state index in [1.807, 2.05) is 24.3 Å². The molecule has 3 aromatic carbocycles. The second-order valence-corrected chi connectivity index (χ2v) is 9.51. The van der Waals surface area contributed by atoms with Crippen molar-refractivity contribution in [2.24, 2.45) is 0 Å². The van der Waals surface area contributed by atoms with Crippen molar-refractivity contribution in [3.8, 4) is 11.5 Å². The van der Waals surface area contributed by atoms with Crippen molar-refractivity contribution in [3.05, 3.63) is 78.1 Å². The van der Waals surface area contributed by atoms with Crippen LogP contribution in [0.3, 0.4) is 0 Å². The Hall–Kier alpha value is -4.47. The Kier molecular flexibility index (Phi) is 7.72. The van der Waals surface area contributed by atoms with Crippen molar-refractivity contribution in [1.82, 2.24) is 20.3 Å². The molecule has 10 heteroatoms. The molecule has 2 amide bonds. The molecule has 39 heavy (non-hydrogen) atoms. The fourth-order valence-electron chi connectivity index (χ4n) is 5.02. The molecule has 0 radical (unpaired) electrons. The number of nitrogens with zero attached hydrogens (tertiary/aromatic N) is 4. The van der Waals surface area contributed by atoms with Crippen molar-refractivity contribution in [2.75, 3.05) is 19.1 Å². The Balaban J connectivity index is 1.62. The number of carbonyl (C=O) groups excluding carboxylic acids is 2. The van der Waals surface area contributed by atoms with Crippen molar-refractivity contribution >= 4 is 28.5 Å². The molecule has 1 N–H and O–H groups in total. The highest BCUT2D eigenvalue weighted by Crippen LogP contribution is 2.35. The number of halogens is 1. The summed E-state index contributed by atoms with van der Waals surface area (Å²) in [5.74, 6) is -0.322. The van der Waals surface area contributed by atoms with Gasteiger partial charge in [-0.25, -0.2) is 9.07 Å². The monoisotopic (exact) mass is 531 g/mol. The second kappa shape index (κ2) is 11.5. The van der Waals surface area contributed by atoms with Crippen LogP contribution in [0.25, 0.3) is 11.0 Å². The number of amides is 2. The summed E-state index contributed by atoms with van der Waals surface area (Å²) in [7, 11) is 3.02. The predicted octanol–water partition coefficient (Wildman–Crippen LogP) is 4.42. The predicted molar refractivity (Wildman–Crippen MR) is 144 cm³/mol. The minimum absolute atomic E-state index is 0.0107. The standard InChI is InChI=1S/C29H30FN5O4/c1-38-23-15-22(16-24(17-23)39-2)35(27(36)18-34-26-10-6-5-9-25(26)32-33-34)28(19-11-13-20(30)14-12-19)29(37)31-21-7-3-4-8-21/h5-6,9-17,21,28H,3-4,7-8,18H2,1-2H3,(H,31,37)/t28-/m0/s1. The SMILES string of the molecule is COc1cc(OC)cc(N(C(=O)Cn2nnc3ccccc32)[C@H](C(=O)NC2CCCC2)c2ccc(F)cc2)c1. The minimum atomic E-state index is -1.09. The zero-order chi connectivity index (χ0) is 27.4. The lowest BCUT2D eigenvalue weighted by Crippen LogP contribution is -2.47. The molecule has 0 aliphatic heterocycles. The highest BCUT2D eigenvalue weighted by molar-refractivity contribution is 6.02. The third-order valence-corrected chi connectivity index (χ3v) is 6.98. The summed E-state index contributed by atoms with van der Waals surface area (Å²) in [6, 6.07) is 16.9. The van der Waals surface area contributed by atoms with Gasteiger partial charge in [0, 0.05) is 24.2 Å². The van der Waals surface area contributed by atoms with Crippen molar-refractivity contribution in [3.63, 3.8) is 0 Å². The minimum Gasteiger partial charge on any atom is -0.497 e. The van der Waals surface area contributed by atoms with E-state index in [4.69, 9.17) is 9.47 Å². The van der Waals surface area contributed by atoms with Crippen LogP contribution in [0.5, 0.6) is 11.5 Å². The topological polar surface area (TPSA) is 98.6 Å². The lowest BCUT2D eigenvalue weighted by Gasteiger charge is -2.32. The number of nitrogens with one attached hydrogen (secondary N) is 1. The first-order valence-electron chi connectivity index (χ1n) is 12.9. The molecule has 0 unspecified atom stereocenters. The lowest BCUT2D eigenvalue weighted by atomic mass is 10.0. The molecule has 1 aliphatic carbocycles. The van der Waals surface area contributed by atoms with Gasteiger partial charge in [-0.2, -0.15) is 0 Å². The Morgan fingerprint density at radius 2 is 1.69 bits per heavy atom. The van der Waals surface area contributed by atoms with Gasteiger partial charge < -0.3 is 14.8 Å². The van der Waals surface area contributed by atoms with Gasteiger partial charge >= 0.3 is 0 Å².